The molecule has 2 heterocycles. The predicted molar refractivity (Wildman–Crippen MR) is 92.8 cm³/mol. The van der Waals surface area contributed by atoms with E-state index in [4.69, 9.17) is 21.1 Å². The molecule has 0 saturated heterocycles. The van der Waals surface area contributed by atoms with Crippen LogP contribution in [0.5, 0.6) is 11.5 Å². The number of ether oxygens (including phenoxy) is 2. The second-order valence-corrected chi connectivity index (χ2v) is 5.73. The lowest BCUT2D eigenvalue weighted by molar-refractivity contribution is 0.101. The van der Waals surface area contributed by atoms with Crippen LogP contribution >= 0.6 is 11.6 Å². The van der Waals surface area contributed by atoms with Crippen molar-refractivity contribution in [3.8, 4) is 11.5 Å². The highest BCUT2D eigenvalue weighted by Crippen LogP contribution is 2.35. The van der Waals surface area contributed by atoms with Gasteiger partial charge in [0.1, 0.15) is 11.5 Å². The SMILES string of the molecule is COc1cc(NC(=O)c2nc3nc(C)cc(C)n3n2)c(OC)cc1Cl. The van der Waals surface area contributed by atoms with Crippen molar-refractivity contribution in [2.45, 2.75) is 13.8 Å². The van der Waals surface area contributed by atoms with Crippen molar-refractivity contribution < 1.29 is 14.3 Å². The monoisotopic (exact) mass is 361 g/mol. The molecule has 25 heavy (non-hydrogen) atoms. The van der Waals surface area contributed by atoms with Gasteiger partial charge in [0.25, 0.3) is 11.7 Å². The maximum absolute atomic E-state index is 12.5. The fourth-order valence-corrected chi connectivity index (χ4v) is 2.63. The first-order chi connectivity index (χ1) is 11.9. The Morgan fingerprint density at radius 2 is 1.84 bits per heavy atom. The molecule has 0 atom stereocenters. The second kappa shape index (κ2) is 6.56. The van der Waals surface area contributed by atoms with Gasteiger partial charge < -0.3 is 14.8 Å². The minimum absolute atomic E-state index is 0.00262. The third-order valence-corrected chi connectivity index (χ3v) is 3.84. The summed E-state index contributed by atoms with van der Waals surface area (Å²) in [6.07, 6.45) is 0. The fourth-order valence-electron chi connectivity index (χ4n) is 2.40. The summed E-state index contributed by atoms with van der Waals surface area (Å²) in [4.78, 5) is 21.0. The number of carbonyl (C=O) groups is 1. The van der Waals surface area contributed by atoms with Crippen LogP contribution in [0.1, 0.15) is 22.0 Å². The molecule has 8 nitrogen and oxygen atoms in total. The van der Waals surface area contributed by atoms with Crippen molar-refractivity contribution in [1.82, 2.24) is 19.6 Å². The van der Waals surface area contributed by atoms with Gasteiger partial charge in [-0.25, -0.2) is 9.50 Å². The highest BCUT2D eigenvalue weighted by Gasteiger charge is 2.18. The maximum Gasteiger partial charge on any atom is 0.295 e. The number of hydrogen-bond donors (Lipinski definition) is 1. The Balaban J connectivity index is 1.96. The molecule has 0 unspecified atom stereocenters. The lowest BCUT2D eigenvalue weighted by Crippen LogP contribution is -2.15. The summed E-state index contributed by atoms with van der Waals surface area (Å²) in [5.41, 5.74) is 2.03. The molecule has 0 spiro atoms. The summed E-state index contributed by atoms with van der Waals surface area (Å²) in [6.45, 7) is 3.72. The van der Waals surface area contributed by atoms with E-state index in [1.165, 1.54) is 18.7 Å². The Bertz CT molecular complexity index is 970. The highest BCUT2D eigenvalue weighted by atomic mass is 35.5. The Labute approximate surface area is 148 Å². The van der Waals surface area contributed by atoms with Crippen molar-refractivity contribution in [1.29, 1.82) is 0 Å². The van der Waals surface area contributed by atoms with Crippen LogP contribution in [0.25, 0.3) is 5.78 Å². The number of fused-ring (bicyclic) bond motifs is 1. The molecule has 1 amide bonds. The topological polar surface area (TPSA) is 90.6 Å². The number of nitrogens with zero attached hydrogens (tertiary/aromatic N) is 4. The molecule has 9 heteroatoms. The molecule has 3 aromatic rings. The Hall–Kier alpha value is -2.87. The first-order valence-electron chi connectivity index (χ1n) is 7.37. The average Bonchev–Trinajstić information content (AvgIpc) is 3.00. The number of aryl methyl sites for hydroxylation is 2. The lowest BCUT2D eigenvalue weighted by atomic mass is 10.2. The first-order valence-corrected chi connectivity index (χ1v) is 7.74. The van der Waals surface area contributed by atoms with Crippen LogP contribution in [-0.2, 0) is 0 Å². The minimum Gasteiger partial charge on any atom is -0.495 e. The molecule has 0 saturated carbocycles. The van der Waals surface area contributed by atoms with E-state index in [-0.39, 0.29) is 5.82 Å². The van der Waals surface area contributed by atoms with Gasteiger partial charge in [0.05, 0.1) is 24.9 Å². The number of hydrogen-bond acceptors (Lipinski definition) is 6. The van der Waals surface area contributed by atoms with Crippen LogP contribution in [0.3, 0.4) is 0 Å². The Kier molecular flexibility index (Phi) is 4.45. The van der Waals surface area contributed by atoms with Crippen molar-refractivity contribution in [2.75, 3.05) is 19.5 Å². The normalized spacial score (nSPS) is 10.8. The molecule has 0 fully saturated rings. The van der Waals surface area contributed by atoms with Crippen LogP contribution in [0.4, 0.5) is 5.69 Å². The van der Waals surface area contributed by atoms with Crippen molar-refractivity contribution in [3.05, 3.63) is 40.4 Å². The Morgan fingerprint density at radius 1 is 1.12 bits per heavy atom. The summed E-state index contributed by atoms with van der Waals surface area (Å²) in [6, 6.07) is 4.99. The second-order valence-electron chi connectivity index (χ2n) is 5.33. The standard InChI is InChI=1S/C16H16ClN5O3/c1-8-5-9(2)22-16(18-8)20-14(21-22)15(23)19-11-7-12(24-3)10(17)6-13(11)25-4/h5-7H,1-4H3,(H,19,23). The van der Waals surface area contributed by atoms with Gasteiger partial charge in [-0.15, -0.1) is 5.10 Å². The van der Waals surface area contributed by atoms with E-state index in [9.17, 15) is 4.79 Å². The zero-order valence-electron chi connectivity index (χ0n) is 14.1. The molecule has 0 bridgehead atoms. The van der Waals surface area contributed by atoms with Gasteiger partial charge in [0.2, 0.25) is 5.82 Å². The van der Waals surface area contributed by atoms with Crippen LogP contribution < -0.4 is 14.8 Å². The van der Waals surface area contributed by atoms with E-state index in [0.29, 0.717) is 28.0 Å². The summed E-state index contributed by atoms with van der Waals surface area (Å²) in [7, 11) is 2.97. The molecule has 0 radical (unpaired) electrons. The van der Waals surface area contributed by atoms with E-state index in [0.717, 1.165) is 11.4 Å². The number of rotatable bonds is 4. The molecule has 0 aliphatic carbocycles. The summed E-state index contributed by atoms with van der Waals surface area (Å²) >= 11 is 6.07. The Morgan fingerprint density at radius 3 is 2.52 bits per heavy atom. The maximum atomic E-state index is 12.5. The number of amides is 1. The van der Waals surface area contributed by atoms with Gasteiger partial charge in [-0.3, -0.25) is 4.79 Å². The fraction of sp³-hybridized carbons (Fsp3) is 0.250. The molecule has 0 aliphatic heterocycles. The first kappa shape index (κ1) is 17.0. The molecule has 3 rings (SSSR count). The van der Waals surface area contributed by atoms with E-state index in [2.05, 4.69) is 20.4 Å². The zero-order valence-corrected chi connectivity index (χ0v) is 14.9. The van der Waals surface area contributed by atoms with Gasteiger partial charge in [-0.05, 0) is 19.9 Å². The smallest absolute Gasteiger partial charge is 0.295 e. The number of halogens is 1. The van der Waals surface area contributed by atoms with Gasteiger partial charge in [0, 0.05) is 23.5 Å². The average molecular weight is 362 g/mol. The van der Waals surface area contributed by atoms with Gasteiger partial charge in [0.15, 0.2) is 0 Å². The third kappa shape index (κ3) is 3.20. The van der Waals surface area contributed by atoms with Gasteiger partial charge in [-0.1, -0.05) is 11.6 Å². The number of methoxy groups -OCH3 is 2. The highest BCUT2D eigenvalue weighted by molar-refractivity contribution is 6.32. The quantitative estimate of drug-likeness (QED) is 0.768. The number of nitrogens with one attached hydrogen (secondary N) is 1. The minimum atomic E-state index is -0.495. The third-order valence-electron chi connectivity index (χ3n) is 3.54. The van der Waals surface area contributed by atoms with Crippen LogP contribution in [-0.4, -0.2) is 39.7 Å². The van der Waals surface area contributed by atoms with E-state index in [1.807, 2.05) is 19.9 Å². The lowest BCUT2D eigenvalue weighted by Gasteiger charge is -2.12. The van der Waals surface area contributed by atoms with Crippen molar-refractivity contribution >= 4 is 29.0 Å². The summed E-state index contributed by atoms with van der Waals surface area (Å²) < 4.78 is 11.9. The molecule has 2 aromatic heterocycles. The molecule has 0 aliphatic rings. The van der Waals surface area contributed by atoms with E-state index >= 15 is 0 Å². The largest absolute Gasteiger partial charge is 0.495 e. The van der Waals surface area contributed by atoms with Crippen LogP contribution in [0, 0.1) is 13.8 Å². The molecular formula is C16H16ClN5O3. The number of carbonyl (C=O) groups excluding carboxylic acids is 1. The zero-order chi connectivity index (χ0) is 18.1. The molecule has 1 aromatic carbocycles. The summed E-state index contributed by atoms with van der Waals surface area (Å²) in [5, 5.41) is 7.28. The summed E-state index contributed by atoms with van der Waals surface area (Å²) in [5.74, 6) is 0.674. The van der Waals surface area contributed by atoms with Gasteiger partial charge in [-0.2, -0.15) is 4.98 Å². The van der Waals surface area contributed by atoms with Gasteiger partial charge >= 0.3 is 0 Å². The predicted octanol–water partition coefficient (Wildman–Crippen LogP) is 2.66. The number of aromatic nitrogens is 4. The van der Waals surface area contributed by atoms with Crippen molar-refractivity contribution in [2.24, 2.45) is 0 Å². The molecule has 130 valence electrons. The van der Waals surface area contributed by atoms with E-state index in [1.54, 1.807) is 12.1 Å². The molecule has 1 N–H and O–H groups in total. The number of benzene rings is 1. The van der Waals surface area contributed by atoms with E-state index < -0.39 is 5.91 Å². The van der Waals surface area contributed by atoms with Crippen molar-refractivity contribution in [3.63, 3.8) is 0 Å². The van der Waals surface area contributed by atoms with Crippen LogP contribution in [0.15, 0.2) is 18.2 Å². The molecular weight excluding hydrogens is 346 g/mol. The van der Waals surface area contributed by atoms with Crippen LogP contribution in [0.2, 0.25) is 5.02 Å². The number of anilines is 1.